The highest BCUT2D eigenvalue weighted by Gasteiger charge is 2.11. The van der Waals surface area contributed by atoms with Gasteiger partial charge in [-0.1, -0.05) is 19.1 Å². The highest BCUT2D eigenvalue weighted by atomic mass is 79.9. The lowest BCUT2D eigenvalue weighted by molar-refractivity contribution is -0.121. The molecule has 0 spiro atoms. The quantitative estimate of drug-likeness (QED) is 0.812. The summed E-state index contributed by atoms with van der Waals surface area (Å²) in [6.45, 7) is 3.95. The molecule has 0 fully saturated rings. The van der Waals surface area contributed by atoms with Crippen LogP contribution in [0.15, 0.2) is 22.7 Å². The summed E-state index contributed by atoms with van der Waals surface area (Å²) < 4.78 is 0.912. The lowest BCUT2D eigenvalue weighted by Gasteiger charge is -2.20. The number of carbonyl (C=O) groups is 1. The Balaban J connectivity index is 2.73. The van der Waals surface area contributed by atoms with Crippen LogP contribution >= 0.6 is 15.9 Å². The summed E-state index contributed by atoms with van der Waals surface area (Å²) in [6.07, 6.45) is 0. The Bertz CT molecular complexity index is 395. The summed E-state index contributed by atoms with van der Waals surface area (Å²) >= 11 is 3.47. The van der Waals surface area contributed by atoms with Gasteiger partial charge >= 0.3 is 0 Å². The Morgan fingerprint density at radius 1 is 1.53 bits per heavy atom. The first kappa shape index (κ1) is 14.0. The van der Waals surface area contributed by atoms with Crippen LogP contribution in [0, 0.1) is 0 Å². The van der Waals surface area contributed by atoms with Gasteiger partial charge in [-0.25, -0.2) is 0 Å². The van der Waals surface area contributed by atoms with E-state index in [-0.39, 0.29) is 5.91 Å². The van der Waals surface area contributed by atoms with Crippen LogP contribution in [-0.4, -0.2) is 30.9 Å². The summed E-state index contributed by atoms with van der Waals surface area (Å²) in [4.78, 5) is 13.4. The number of likely N-dealkylation sites (N-methyl/N-ethyl adjacent to an activating group) is 2. The van der Waals surface area contributed by atoms with E-state index in [1.807, 2.05) is 25.1 Å². The zero-order valence-corrected chi connectivity index (χ0v) is 11.8. The van der Waals surface area contributed by atoms with Crippen LogP contribution in [0.2, 0.25) is 0 Å². The molecule has 0 unspecified atom stereocenters. The molecule has 0 aliphatic rings. The number of nitrogens with one attached hydrogen (secondary N) is 1. The zero-order chi connectivity index (χ0) is 12.8. The third-order valence-electron chi connectivity index (χ3n) is 2.60. The molecule has 0 aliphatic carbocycles. The maximum absolute atomic E-state index is 11.3. The first-order valence-electron chi connectivity index (χ1n) is 5.54. The van der Waals surface area contributed by atoms with Crippen molar-refractivity contribution >= 4 is 27.5 Å². The molecule has 0 bridgehead atoms. The van der Waals surface area contributed by atoms with E-state index < -0.39 is 0 Å². The number of hydrogen-bond acceptors (Lipinski definition) is 3. The maximum Gasteiger partial charge on any atom is 0.233 e. The molecule has 0 heterocycles. The molecule has 1 amide bonds. The van der Waals surface area contributed by atoms with Gasteiger partial charge in [-0.05, 0) is 34.1 Å². The molecule has 0 saturated heterocycles. The number of nitrogens with zero attached hydrogens (tertiary/aromatic N) is 1. The standard InChI is InChI=1S/C12H18BrN3O/c1-3-16(8-11(17)15-2)7-9-5-4-6-10(14)12(9)13/h4-6H,3,7-8,14H2,1-2H3,(H,15,17). The lowest BCUT2D eigenvalue weighted by Crippen LogP contribution is -2.35. The number of nitrogen functional groups attached to an aromatic ring is 1. The summed E-state index contributed by atoms with van der Waals surface area (Å²) in [5.74, 6) is 0.0203. The van der Waals surface area contributed by atoms with Crippen LogP contribution < -0.4 is 11.1 Å². The molecule has 1 aromatic carbocycles. The van der Waals surface area contributed by atoms with Crippen molar-refractivity contribution in [2.45, 2.75) is 13.5 Å². The average Bonchev–Trinajstić information content (AvgIpc) is 2.33. The van der Waals surface area contributed by atoms with Crippen molar-refractivity contribution in [1.29, 1.82) is 0 Å². The Morgan fingerprint density at radius 2 is 2.24 bits per heavy atom. The second-order valence-electron chi connectivity index (χ2n) is 3.80. The van der Waals surface area contributed by atoms with Gasteiger partial charge in [0.05, 0.1) is 6.54 Å². The number of amides is 1. The van der Waals surface area contributed by atoms with E-state index in [1.54, 1.807) is 7.05 Å². The van der Waals surface area contributed by atoms with Crippen LogP contribution in [0.3, 0.4) is 0 Å². The van der Waals surface area contributed by atoms with Crippen molar-refractivity contribution in [3.8, 4) is 0 Å². The number of nitrogens with two attached hydrogens (primary N) is 1. The molecule has 4 nitrogen and oxygen atoms in total. The predicted octanol–water partition coefficient (Wildman–Crippen LogP) is 1.60. The van der Waals surface area contributed by atoms with Gasteiger partial charge in [-0.2, -0.15) is 0 Å². The minimum absolute atomic E-state index is 0.0203. The van der Waals surface area contributed by atoms with E-state index in [0.29, 0.717) is 13.1 Å². The monoisotopic (exact) mass is 299 g/mol. The van der Waals surface area contributed by atoms with E-state index >= 15 is 0 Å². The fourth-order valence-electron chi connectivity index (χ4n) is 1.52. The lowest BCUT2D eigenvalue weighted by atomic mass is 10.2. The molecular formula is C12H18BrN3O. The van der Waals surface area contributed by atoms with Crippen LogP contribution in [0.25, 0.3) is 0 Å². The highest BCUT2D eigenvalue weighted by Crippen LogP contribution is 2.24. The fourth-order valence-corrected chi connectivity index (χ4v) is 1.91. The van der Waals surface area contributed by atoms with E-state index in [1.165, 1.54) is 0 Å². The second-order valence-corrected chi connectivity index (χ2v) is 4.59. The first-order chi connectivity index (χ1) is 8.08. The Labute approximate surface area is 110 Å². The van der Waals surface area contributed by atoms with Gasteiger partial charge < -0.3 is 11.1 Å². The van der Waals surface area contributed by atoms with Gasteiger partial charge in [0.15, 0.2) is 0 Å². The Hall–Kier alpha value is -1.07. The number of benzene rings is 1. The van der Waals surface area contributed by atoms with Crippen LogP contribution in [0.5, 0.6) is 0 Å². The summed E-state index contributed by atoms with van der Waals surface area (Å²) in [5.41, 5.74) is 7.63. The molecule has 0 aromatic heterocycles. The molecule has 0 atom stereocenters. The SMILES string of the molecule is CCN(CC(=O)NC)Cc1cccc(N)c1Br. The van der Waals surface area contributed by atoms with Crippen LogP contribution in [0.4, 0.5) is 5.69 Å². The average molecular weight is 300 g/mol. The highest BCUT2D eigenvalue weighted by molar-refractivity contribution is 9.10. The zero-order valence-electron chi connectivity index (χ0n) is 10.2. The molecule has 3 N–H and O–H groups in total. The fraction of sp³-hybridized carbons (Fsp3) is 0.417. The molecule has 0 saturated carbocycles. The van der Waals surface area contributed by atoms with Crippen molar-refractivity contribution in [3.63, 3.8) is 0 Å². The number of halogens is 1. The van der Waals surface area contributed by atoms with Crippen molar-refractivity contribution in [3.05, 3.63) is 28.2 Å². The molecule has 94 valence electrons. The molecule has 0 radical (unpaired) electrons. The first-order valence-corrected chi connectivity index (χ1v) is 6.33. The smallest absolute Gasteiger partial charge is 0.233 e. The van der Waals surface area contributed by atoms with Crippen LogP contribution in [-0.2, 0) is 11.3 Å². The molecule has 1 rings (SSSR count). The van der Waals surface area contributed by atoms with Gasteiger partial charge in [0.2, 0.25) is 5.91 Å². The van der Waals surface area contributed by atoms with Gasteiger partial charge in [0.25, 0.3) is 0 Å². The summed E-state index contributed by atoms with van der Waals surface area (Å²) in [5, 5.41) is 2.62. The normalized spacial score (nSPS) is 10.6. The number of carbonyl (C=O) groups excluding carboxylic acids is 1. The molecular weight excluding hydrogens is 282 g/mol. The van der Waals surface area contributed by atoms with Crippen molar-refractivity contribution < 1.29 is 4.79 Å². The van der Waals surface area contributed by atoms with Crippen molar-refractivity contribution in [2.75, 3.05) is 25.9 Å². The van der Waals surface area contributed by atoms with Gasteiger partial charge in [-0.15, -0.1) is 0 Å². The van der Waals surface area contributed by atoms with E-state index in [0.717, 1.165) is 22.3 Å². The number of anilines is 1. The predicted molar refractivity (Wildman–Crippen MR) is 73.6 cm³/mol. The number of hydrogen-bond donors (Lipinski definition) is 2. The summed E-state index contributed by atoms with van der Waals surface area (Å²) in [7, 11) is 1.65. The second kappa shape index (κ2) is 6.61. The molecule has 0 aliphatic heterocycles. The van der Waals surface area contributed by atoms with E-state index in [2.05, 4.69) is 26.1 Å². The molecule has 5 heteroatoms. The van der Waals surface area contributed by atoms with Gasteiger partial charge in [0, 0.05) is 23.8 Å². The Morgan fingerprint density at radius 3 is 2.82 bits per heavy atom. The topological polar surface area (TPSA) is 58.4 Å². The van der Waals surface area contributed by atoms with Crippen molar-refractivity contribution in [1.82, 2.24) is 10.2 Å². The largest absolute Gasteiger partial charge is 0.398 e. The van der Waals surface area contributed by atoms with Crippen LogP contribution in [0.1, 0.15) is 12.5 Å². The third kappa shape index (κ3) is 4.02. The van der Waals surface area contributed by atoms with Crippen molar-refractivity contribution in [2.24, 2.45) is 0 Å². The van der Waals surface area contributed by atoms with E-state index in [9.17, 15) is 4.79 Å². The van der Waals surface area contributed by atoms with E-state index in [4.69, 9.17) is 5.73 Å². The Kier molecular flexibility index (Phi) is 5.44. The third-order valence-corrected chi connectivity index (χ3v) is 3.56. The minimum Gasteiger partial charge on any atom is -0.398 e. The van der Waals surface area contributed by atoms with Gasteiger partial charge in [0.1, 0.15) is 0 Å². The molecule has 17 heavy (non-hydrogen) atoms. The van der Waals surface area contributed by atoms with Gasteiger partial charge in [-0.3, -0.25) is 9.69 Å². The molecule has 1 aromatic rings. The summed E-state index contributed by atoms with van der Waals surface area (Å²) in [6, 6.07) is 5.78. The number of rotatable bonds is 5. The minimum atomic E-state index is 0.0203. The maximum atomic E-state index is 11.3.